The lowest BCUT2D eigenvalue weighted by atomic mass is 9.91. The fourth-order valence-corrected chi connectivity index (χ4v) is 3.21. The molecule has 0 aromatic carbocycles. The molecule has 1 aliphatic carbocycles. The summed E-state index contributed by atoms with van der Waals surface area (Å²) < 4.78 is 37.7. The molecule has 7 heteroatoms. The van der Waals surface area contributed by atoms with Gasteiger partial charge in [-0.1, -0.05) is 6.42 Å². The number of carboxylic acid groups (broad SMARTS) is 1. The van der Waals surface area contributed by atoms with Crippen molar-refractivity contribution in [2.75, 3.05) is 13.1 Å². The van der Waals surface area contributed by atoms with Crippen LogP contribution in [0.3, 0.4) is 0 Å². The molecule has 2 fully saturated rings. The fraction of sp³-hybridized carbons (Fsp3) is 0.846. The summed E-state index contributed by atoms with van der Waals surface area (Å²) in [4.78, 5) is 24.7. The molecule has 0 bridgehead atoms. The van der Waals surface area contributed by atoms with E-state index in [9.17, 15) is 22.8 Å². The van der Waals surface area contributed by atoms with Gasteiger partial charge in [0, 0.05) is 13.1 Å². The Hall–Kier alpha value is -1.27. The minimum Gasteiger partial charge on any atom is -0.481 e. The van der Waals surface area contributed by atoms with Crippen LogP contribution < -0.4 is 0 Å². The molecule has 4 nitrogen and oxygen atoms in total. The van der Waals surface area contributed by atoms with E-state index in [1.165, 1.54) is 4.90 Å². The maximum Gasteiger partial charge on any atom is 0.391 e. The van der Waals surface area contributed by atoms with Gasteiger partial charge in [0.15, 0.2) is 0 Å². The molecule has 2 rings (SSSR count). The van der Waals surface area contributed by atoms with Crippen molar-refractivity contribution < 1.29 is 27.9 Å². The Balaban J connectivity index is 1.93. The van der Waals surface area contributed by atoms with Crippen LogP contribution in [0.1, 0.15) is 32.1 Å². The number of piperidine rings is 1. The second kappa shape index (κ2) is 5.61. The Kier molecular flexibility index (Phi) is 4.25. The molecule has 114 valence electrons. The van der Waals surface area contributed by atoms with Crippen molar-refractivity contribution in [3.8, 4) is 0 Å². The maximum absolute atomic E-state index is 12.6. The Labute approximate surface area is 114 Å². The summed E-state index contributed by atoms with van der Waals surface area (Å²) in [7, 11) is 0. The van der Waals surface area contributed by atoms with Gasteiger partial charge in [-0.2, -0.15) is 13.2 Å². The van der Waals surface area contributed by atoms with E-state index < -0.39 is 29.9 Å². The molecule has 1 N–H and O–H groups in total. The Morgan fingerprint density at radius 2 is 1.55 bits per heavy atom. The molecule has 1 heterocycles. The second-order valence-corrected chi connectivity index (χ2v) is 5.62. The first-order valence-electron chi connectivity index (χ1n) is 6.89. The highest BCUT2D eigenvalue weighted by atomic mass is 19.4. The van der Waals surface area contributed by atoms with E-state index >= 15 is 0 Å². The topological polar surface area (TPSA) is 57.6 Å². The third-order valence-corrected chi connectivity index (χ3v) is 4.42. The number of amides is 1. The Morgan fingerprint density at radius 3 is 2.05 bits per heavy atom. The van der Waals surface area contributed by atoms with Crippen molar-refractivity contribution in [3.05, 3.63) is 0 Å². The maximum atomic E-state index is 12.6. The number of carbonyl (C=O) groups excluding carboxylic acids is 1. The molecule has 0 radical (unpaired) electrons. The number of aliphatic carboxylic acids is 1. The lowest BCUT2D eigenvalue weighted by molar-refractivity contribution is -0.187. The number of hydrogen-bond donors (Lipinski definition) is 1. The molecular weight excluding hydrogens is 275 g/mol. The molecule has 0 aromatic rings. The first kappa shape index (κ1) is 15.1. The Morgan fingerprint density at radius 1 is 1.00 bits per heavy atom. The molecule has 2 unspecified atom stereocenters. The van der Waals surface area contributed by atoms with Gasteiger partial charge in [-0.15, -0.1) is 0 Å². The van der Waals surface area contributed by atoms with Crippen molar-refractivity contribution in [3.63, 3.8) is 0 Å². The van der Waals surface area contributed by atoms with Crippen LogP contribution in [-0.2, 0) is 9.59 Å². The molecule has 2 aliphatic rings. The van der Waals surface area contributed by atoms with Crippen LogP contribution in [0.2, 0.25) is 0 Å². The molecule has 0 aromatic heterocycles. The van der Waals surface area contributed by atoms with Gasteiger partial charge in [-0.25, -0.2) is 0 Å². The third kappa shape index (κ3) is 3.07. The second-order valence-electron chi connectivity index (χ2n) is 5.62. The lowest BCUT2D eigenvalue weighted by Crippen LogP contribution is -2.45. The summed E-state index contributed by atoms with van der Waals surface area (Å²) >= 11 is 0. The normalized spacial score (nSPS) is 28.6. The van der Waals surface area contributed by atoms with Crippen molar-refractivity contribution in [2.24, 2.45) is 17.8 Å². The minimum absolute atomic E-state index is 0.0752. The number of carbonyl (C=O) groups is 2. The number of hydrogen-bond acceptors (Lipinski definition) is 2. The number of nitrogens with zero attached hydrogens (tertiary/aromatic N) is 1. The van der Waals surface area contributed by atoms with Crippen molar-refractivity contribution in [2.45, 2.75) is 38.3 Å². The summed E-state index contributed by atoms with van der Waals surface area (Å²) in [5, 5.41) is 9.06. The minimum atomic E-state index is -4.20. The van der Waals surface area contributed by atoms with Crippen molar-refractivity contribution >= 4 is 11.9 Å². The summed E-state index contributed by atoms with van der Waals surface area (Å²) in [6.45, 7) is 0.150. The highest BCUT2D eigenvalue weighted by Gasteiger charge is 2.44. The third-order valence-electron chi connectivity index (χ3n) is 4.42. The van der Waals surface area contributed by atoms with E-state index in [1.54, 1.807) is 0 Å². The largest absolute Gasteiger partial charge is 0.481 e. The zero-order valence-corrected chi connectivity index (χ0v) is 11.0. The predicted molar refractivity (Wildman–Crippen MR) is 63.8 cm³/mol. The number of halogens is 3. The predicted octanol–water partition coefficient (Wildman–Crippen LogP) is 2.29. The number of carboxylic acids is 1. The Bertz CT molecular complexity index is 389. The standard InChI is InChI=1S/C13H18F3NO3/c14-13(15,16)8-4-6-17(7-5-8)11(18)9-2-1-3-10(9)12(19)20/h8-10H,1-7H2,(H,19,20). The smallest absolute Gasteiger partial charge is 0.391 e. The SMILES string of the molecule is O=C(O)C1CCCC1C(=O)N1CCC(C(F)(F)F)CC1. The average Bonchev–Trinajstić information content (AvgIpc) is 2.86. The van der Waals surface area contributed by atoms with Crippen molar-refractivity contribution in [1.29, 1.82) is 0 Å². The van der Waals surface area contributed by atoms with Crippen LogP contribution >= 0.6 is 0 Å². The zero-order valence-electron chi connectivity index (χ0n) is 11.0. The van der Waals surface area contributed by atoms with Gasteiger partial charge in [0.1, 0.15) is 0 Å². The van der Waals surface area contributed by atoms with E-state index in [1.807, 2.05) is 0 Å². The highest BCUT2D eigenvalue weighted by molar-refractivity contribution is 5.85. The first-order chi connectivity index (χ1) is 9.30. The molecule has 1 amide bonds. The molecule has 1 saturated carbocycles. The van der Waals surface area contributed by atoms with Crippen LogP contribution in [-0.4, -0.2) is 41.1 Å². The fourth-order valence-electron chi connectivity index (χ4n) is 3.21. The quantitative estimate of drug-likeness (QED) is 0.850. The lowest BCUT2D eigenvalue weighted by Gasteiger charge is -2.34. The average molecular weight is 293 g/mol. The van der Waals surface area contributed by atoms with Gasteiger partial charge >= 0.3 is 12.1 Å². The van der Waals surface area contributed by atoms with Crippen LogP contribution in [0.25, 0.3) is 0 Å². The molecule has 1 aliphatic heterocycles. The zero-order chi connectivity index (χ0) is 14.9. The summed E-state index contributed by atoms with van der Waals surface area (Å²) in [5.41, 5.74) is 0. The molecule has 1 saturated heterocycles. The van der Waals surface area contributed by atoms with Gasteiger partial charge in [-0.05, 0) is 25.7 Å². The van der Waals surface area contributed by atoms with Crippen LogP contribution in [0, 0.1) is 17.8 Å². The molecule has 0 spiro atoms. The van der Waals surface area contributed by atoms with E-state index in [4.69, 9.17) is 5.11 Å². The van der Waals surface area contributed by atoms with Gasteiger partial charge in [0.25, 0.3) is 0 Å². The van der Waals surface area contributed by atoms with Gasteiger partial charge < -0.3 is 10.0 Å². The number of likely N-dealkylation sites (tertiary alicyclic amines) is 1. The monoisotopic (exact) mass is 293 g/mol. The van der Waals surface area contributed by atoms with E-state index in [-0.39, 0.29) is 31.8 Å². The van der Waals surface area contributed by atoms with Gasteiger partial charge in [0.2, 0.25) is 5.91 Å². The van der Waals surface area contributed by atoms with E-state index in [0.29, 0.717) is 19.3 Å². The van der Waals surface area contributed by atoms with E-state index in [0.717, 1.165) is 0 Å². The first-order valence-corrected chi connectivity index (χ1v) is 6.89. The summed E-state index contributed by atoms with van der Waals surface area (Å²) in [5.74, 6) is -3.84. The van der Waals surface area contributed by atoms with Crippen LogP contribution in [0.15, 0.2) is 0 Å². The highest BCUT2D eigenvalue weighted by Crippen LogP contribution is 2.37. The summed E-state index contributed by atoms with van der Waals surface area (Å²) in [6.07, 6.45) is -2.68. The van der Waals surface area contributed by atoms with Gasteiger partial charge in [-0.3, -0.25) is 9.59 Å². The summed E-state index contributed by atoms with van der Waals surface area (Å²) in [6, 6.07) is 0. The van der Waals surface area contributed by atoms with Crippen LogP contribution in [0.5, 0.6) is 0 Å². The van der Waals surface area contributed by atoms with E-state index in [2.05, 4.69) is 0 Å². The van der Waals surface area contributed by atoms with Crippen molar-refractivity contribution in [1.82, 2.24) is 4.90 Å². The number of alkyl halides is 3. The molecule has 20 heavy (non-hydrogen) atoms. The van der Waals surface area contributed by atoms with Crippen LogP contribution in [0.4, 0.5) is 13.2 Å². The molecular formula is C13H18F3NO3. The van der Waals surface area contributed by atoms with Gasteiger partial charge in [0.05, 0.1) is 17.8 Å². The molecule has 2 atom stereocenters. The number of rotatable bonds is 2.